The van der Waals surface area contributed by atoms with Gasteiger partial charge in [-0.1, -0.05) is 24.3 Å². The van der Waals surface area contributed by atoms with Gasteiger partial charge in [0, 0.05) is 6.42 Å². The van der Waals surface area contributed by atoms with Gasteiger partial charge in [0.15, 0.2) is 0 Å². The van der Waals surface area contributed by atoms with Crippen molar-refractivity contribution in [1.82, 2.24) is 0 Å². The van der Waals surface area contributed by atoms with Crippen molar-refractivity contribution in [2.45, 2.75) is 24.8 Å². The van der Waals surface area contributed by atoms with Gasteiger partial charge in [-0.3, -0.25) is 0 Å². The second kappa shape index (κ2) is 4.88. The molecule has 7 heteroatoms. The topological polar surface area (TPSA) is 43.4 Å². The Morgan fingerprint density at radius 1 is 1.11 bits per heavy atom. The van der Waals surface area contributed by atoms with E-state index in [0.717, 1.165) is 11.1 Å². The third-order valence-corrected chi connectivity index (χ3v) is 3.77. The minimum Gasteiger partial charge on any atom is -0.381 e. The first-order valence-corrected chi connectivity index (χ1v) is 6.97. The first kappa shape index (κ1) is 13.9. The summed E-state index contributed by atoms with van der Waals surface area (Å²) in [6.45, 7) is 0. The minimum absolute atomic E-state index is 0.0471. The molecule has 0 radical (unpaired) electrons. The van der Waals surface area contributed by atoms with E-state index in [1.807, 2.05) is 12.1 Å². The molecular weight excluding hydrogens is 281 g/mol. The average molecular weight is 292 g/mol. The van der Waals surface area contributed by atoms with Crippen LogP contribution in [0.1, 0.15) is 17.5 Å². The van der Waals surface area contributed by atoms with Crippen LogP contribution in [0.2, 0.25) is 0 Å². The molecule has 0 aliphatic heterocycles. The highest BCUT2D eigenvalue weighted by Gasteiger charge is 2.48. The van der Waals surface area contributed by atoms with Crippen LogP contribution in [0, 0.1) is 0 Å². The van der Waals surface area contributed by atoms with Crippen molar-refractivity contribution >= 4 is 10.1 Å². The van der Waals surface area contributed by atoms with Crippen LogP contribution in [-0.2, 0) is 27.1 Å². The van der Waals surface area contributed by atoms with Crippen molar-refractivity contribution in [1.29, 1.82) is 0 Å². The standard InChI is InChI=1S/C12H11F3O3S/c13-12(14,15)19(16,17)18-11-7-3-6-9-4-1-2-5-10(9)8-11/h1-2,4-5,7H,3,6,8H2. The van der Waals surface area contributed by atoms with Gasteiger partial charge in [0.05, 0.1) is 0 Å². The normalized spacial score (nSPS) is 16.3. The van der Waals surface area contributed by atoms with E-state index in [1.165, 1.54) is 6.08 Å². The first-order valence-electron chi connectivity index (χ1n) is 5.56. The molecule has 2 rings (SSSR count). The predicted molar refractivity (Wildman–Crippen MR) is 62.6 cm³/mol. The molecular formula is C12H11F3O3S. The van der Waals surface area contributed by atoms with Crippen molar-refractivity contribution in [2.75, 3.05) is 0 Å². The Morgan fingerprint density at radius 3 is 2.37 bits per heavy atom. The van der Waals surface area contributed by atoms with Gasteiger partial charge in [0.25, 0.3) is 0 Å². The fraction of sp³-hybridized carbons (Fsp3) is 0.333. The molecule has 104 valence electrons. The molecule has 0 atom stereocenters. The van der Waals surface area contributed by atoms with Crippen LogP contribution in [0.15, 0.2) is 36.1 Å². The van der Waals surface area contributed by atoms with Crippen LogP contribution in [0.25, 0.3) is 0 Å². The Kier molecular flexibility index (Phi) is 3.58. The molecule has 0 unspecified atom stereocenters. The second-order valence-electron chi connectivity index (χ2n) is 4.14. The molecule has 0 heterocycles. The second-order valence-corrected chi connectivity index (χ2v) is 5.68. The fourth-order valence-corrected chi connectivity index (χ4v) is 2.38. The molecule has 0 aromatic heterocycles. The summed E-state index contributed by atoms with van der Waals surface area (Å²) in [4.78, 5) is 0. The highest BCUT2D eigenvalue weighted by molar-refractivity contribution is 7.87. The molecule has 0 N–H and O–H groups in total. The van der Waals surface area contributed by atoms with E-state index in [0.29, 0.717) is 12.8 Å². The van der Waals surface area contributed by atoms with Gasteiger partial charge in [0.1, 0.15) is 5.76 Å². The van der Waals surface area contributed by atoms with E-state index in [-0.39, 0.29) is 12.2 Å². The SMILES string of the molecule is O=S(=O)(OC1=CCCc2ccccc2C1)C(F)(F)F. The lowest BCUT2D eigenvalue weighted by molar-refractivity contribution is -0.0523. The van der Waals surface area contributed by atoms with Crippen LogP contribution in [-0.4, -0.2) is 13.9 Å². The lowest BCUT2D eigenvalue weighted by atomic mass is 10.0. The Bertz CT molecular complexity index is 603. The first-order chi connectivity index (χ1) is 8.79. The van der Waals surface area contributed by atoms with Crippen LogP contribution in [0.4, 0.5) is 13.2 Å². The zero-order valence-electron chi connectivity index (χ0n) is 9.77. The number of fused-ring (bicyclic) bond motifs is 1. The number of hydrogen-bond acceptors (Lipinski definition) is 3. The zero-order valence-corrected chi connectivity index (χ0v) is 10.6. The summed E-state index contributed by atoms with van der Waals surface area (Å²) in [5.41, 5.74) is -3.63. The Morgan fingerprint density at radius 2 is 1.74 bits per heavy atom. The van der Waals surface area contributed by atoms with E-state index >= 15 is 0 Å². The van der Waals surface area contributed by atoms with Crippen LogP contribution < -0.4 is 0 Å². The van der Waals surface area contributed by atoms with Gasteiger partial charge in [-0.05, 0) is 30.0 Å². The van der Waals surface area contributed by atoms with Gasteiger partial charge >= 0.3 is 15.6 Å². The van der Waals surface area contributed by atoms with E-state index < -0.39 is 15.6 Å². The molecule has 0 amide bonds. The molecule has 3 nitrogen and oxygen atoms in total. The summed E-state index contributed by atoms with van der Waals surface area (Å²) in [5.74, 6) is -0.178. The maximum absolute atomic E-state index is 12.2. The molecule has 19 heavy (non-hydrogen) atoms. The summed E-state index contributed by atoms with van der Waals surface area (Å²) in [7, 11) is -5.58. The minimum atomic E-state index is -5.58. The number of hydrogen-bond donors (Lipinski definition) is 0. The third kappa shape index (κ3) is 3.09. The molecule has 0 bridgehead atoms. The van der Waals surface area contributed by atoms with Crippen molar-refractivity contribution in [3.8, 4) is 0 Å². The fourth-order valence-electron chi connectivity index (χ4n) is 1.87. The Labute approximate surface area is 108 Å². The van der Waals surface area contributed by atoms with E-state index in [2.05, 4.69) is 4.18 Å². The number of aryl methyl sites for hydroxylation is 1. The largest absolute Gasteiger partial charge is 0.534 e. The summed E-state index contributed by atoms with van der Waals surface area (Å²) in [6, 6.07) is 7.19. The summed E-state index contributed by atoms with van der Waals surface area (Å²) < 4.78 is 62.8. The zero-order chi connectivity index (χ0) is 14.1. The highest BCUT2D eigenvalue weighted by atomic mass is 32.2. The molecule has 1 aliphatic carbocycles. The quantitative estimate of drug-likeness (QED) is 0.622. The van der Waals surface area contributed by atoms with Gasteiger partial charge in [-0.25, -0.2) is 0 Å². The molecule has 1 aliphatic rings. The van der Waals surface area contributed by atoms with Crippen molar-refractivity contribution in [2.24, 2.45) is 0 Å². The van der Waals surface area contributed by atoms with Gasteiger partial charge in [-0.15, -0.1) is 0 Å². The number of alkyl halides is 3. The molecule has 1 aromatic carbocycles. The van der Waals surface area contributed by atoms with E-state index in [9.17, 15) is 21.6 Å². The Balaban J connectivity index is 2.22. The number of halogens is 3. The number of rotatable bonds is 2. The van der Waals surface area contributed by atoms with Gasteiger partial charge in [-0.2, -0.15) is 21.6 Å². The lowest BCUT2D eigenvalue weighted by Crippen LogP contribution is -2.25. The van der Waals surface area contributed by atoms with Crippen LogP contribution in [0.3, 0.4) is 0 Å². The van der Waals surface area contributed by atoms with Gasteiger partial charge < -0.3 is 4.18 Å². The lowest BCUT2D eigenvalue weighted by Gasteiger charge is -2.12. The summed E-state index contributed by atoms with van der Waals surface area (Å²) in [6.07, 6.45) is 2.53. The molecule has 0 saturated heterocycles. The molecule has 1 aromatic rings. The third-order valence-electron chi connectivity index (χ3n) is 2.77. The monoisotopic (exact) mass is 292 g/mol. The van der Waals surface area contributed by atoms with Gasteiger partial charge in [0.2, 0.25) is 0 Å². The van der Waals surface area contributed by atoms with Crippen molar-refractivity contribution < 1.29 is 25.8 Å². The molecule has 0 spiro atoms. The van der Waals surface area contributed by atoms with E-state index in [1.54, 1.807) is 12.1 Å². The highest BCUT2D eigenvalue weighted by Crippen LogP contribution is 2.29. The Hall–Kier alpha value is -1.50. The summed E-state index contributed by atoms with van der Waals surface area (Å²) >= 11 is 0. The molecule has 0 saturated carbocycles. The predicted octanol–water partition coefficient (Wildman–Crippen LogP) is 2.93. The maximum atomic E-state index is 12.2. The maximum Gasteiger partial charge on any atom is 0.534 e. The van der Waals surface area contributed by atoms with Crippen molar-refractivity contribution in [3.05, 3.63) is 47.2 Å². The summed E-state index contributed by atoms with van der Waals surface area (Å²) in [5, 5.41) is 0. The van der Waals surface area contributed by atoms with E-state index in [4.69, 9.17) is 0 Å². The number of benzene rings is 1. The van der Waals surface area contributed by atoms with Crippen LogP contribution >= 0.6 is 0 Å². The van der Waals surface area contributed by atoms with Crippen molar-refractivity contribution in [3.63, 3.8) is 0 Å². The number of allylic oxidation sites excluding steroid dienone is 2. The molecule has 0 fully saturated rings. The van der Waals surface area contributed by atoms with Crippen LogP contribution in [0.5, 0.6) is 0 Å². The smallest absolute Gasteiger partial charge is 0.381 e. The average Bonchev–Trinajstić information content (AvgIpc) is 2.48.